The first-order valence-corrected chi connectivity index (χ1v) is 3.08. The van der Waals surface area contributed by atoms with Crippen LogP contribution in [0.25, 0.3) is 0 Å². The number of amides is 1. The first-order valence-electron chi connectivity index (χ1n) is 3.08. The lowest BCUT2D eigenvalue weighted by molar-refractivity contribution is -0.149. The van der Waals surface area contributed by atoms with Gasteiger partial charge in [-0.15, -0.1) is 0 Å². The largest absolute Gasteiger partial charge is 0.429 e. The molecule has 0 fully saturated rings. The molecular formula is C6H5F3N2O+. The van der Waals surface area contributed by atoms with Crippen LogP contribution < -0.4 is 10.3 Å². The van der Waals surface area contributed by atoms with Crippen LogP contribution in [0.4, 0.5) is 13.2 Å². The van der Waals surface area contributed by atoms with Crippen molar-refractivity contribution >= 4 is 11.7 Å². The summed E-state index contributed by atoms with van der Waals surface area (Å²) in [7, 11) is 0. The van der Waals surface area contributed by atoms with Crippen molar-refractivity contribution in [3.8, 4) is 0 Å². The molecular weight excluding hydrogens is 173 g/mol. The Morgan fingerprint density at radius 3 is 2.58 bits per heavy atom. The van der Waals surface area contributed by atoms with Gasteiger partial charge < -0.3 is 0 Å². The fourth-order valence-corrected chi connectivity index (χ4v) is 0.749. The van der Waals surface area contributed by atoms with Crippen LogP contribution in [-0.4, -0.2) is 24.0 Å². The predicted molar refractivity (Wildman–Crippen MR) is 34.0 cm³/mol. The lowest BCUT2D eigenvalue weighted by atomic mass is 10.1. The van der Waals surface area contributed by atoms with E-state index in [1.807, 2.05) is 5.32 Å². The number of hydrogen-bond donors (Lipinski definition) is 1. The Balaban J connectivity index is 2.74. The van der Waals surface area contributed by atoms with Crippen LogP contribution in [0.3, 0.4) is 0 Å². The molecule has 0 aliphatic carbocycles. The Kier molecular flexibility index (Phi) is 2.08. The zero-order valence-electron chi connectivity index (χ0n) is 6.07. The van der Waals surface area contributed by atoms with Crippen LogP contribution in [0, 0.1) is 6.42 Å². The second-order valence-electron chi connectivity index (χ2n) is 2.27. The van der Waals surface area contributed by atoms with E-state index in [4.69, 9.17) is 0 Å². The zero-order valence-corrected chi connectivity index (χ0v) is 6.07. The van der Waals surface area contributed by atoms with Crippen LogP contribution in [0.15, 0.2) is 0 Å². The van der Waals surface area contributed by atoms with Gasteiger partial charge in [-0.3, -0.25) is 5.32 Å². The minimum absolute atomic E-state index is 0.0407. The van der Waals surface area contributed by atoms with Gasteiger partial charge in [-0.1, -0.05) is 0 Å². The van der Waals surface area contributed by atoms with Crippen molar-refractivity contribution in [1.82, 2.24) is 10.3 Å². The summed E-state index contributed by atoms with van der Waals surface area (Å²) in [5.41, 5.74) is 0. The Morgan fingerprint density at radius 2 is 2.17 bits per heavy atom. The topological polar surface area (TPSA) is 43.2 Å². The Hall–Kier alpha value is -1.07. The molecule has 12 heavy (non-hydrogen) atoms. The van der Waals surface area contributed by atoms with Crippen molar-refractivity contribution in [2.45, 2.75) is 19.1 Å². The van der Waals surface area contributed by atoms with Crippen molar-refractivity contribution in [2.24, 2.45) is 0 Å². The number of amidine groups is 1. The van der Waals surface area contributed by atoms with Gasteiger partial charge in [0.1, 0.15) is 0 Å². The van der Waals surface area contributed by atoms with Gasteiger partial charge >= 0.3 is 12.1 Å². The van der Waals surface area contributed by atoms with Gasteiger partial charge in [-0.05, 0) is 4.99 Å². The second-order valence-corrected chi connectivity index (χ2v) is 2.27. The molecule has 0 aromatic carbocycles. The van der Waals surface area contributed by atoms with E-state index in [1.165, 1.54) is 6.92 Å². The highest BCUT2D eigenvalue weighted by Crippen LogP contribution is 2.22. The minimum atomic E-state index is -4.49. The third kappa shape index (κ3) is 1.96. The maximum Gasteiger partial charge on any atom is 0.429 e. The average Bonchev–Trinajstić information content (AvgIpc) is 1.82. The molecule has 6 heteroatoms. The molecule has 1 atom stereocenters. The first kappa shape index (κ1) is 9.02. The SMILES string of the molecule is CC1=[N+]C(=O)[C]C(C(F)(F)F)N1. The molecule has 65 valence electrons. The van der Waals surface area contributed by atoms with Crippen molar-refractivity contribution < 1.29 is 18.0 Å². The fraction of sp³-hybridized carbons (Fsp3) is 0.500. The van der Waals surface area contributed by atoms with E-state index in [1.54, 1.807) is 6.42 Å². The average molecular weight is 178 g/mol. The number of carbonyl (C=O) groups is 1. The maximum atomic E-state index is 12.0. The molecule has 0 saturated heterocycles. The fourth-order valence-electron chi connectivity index (χ4n) is 0.749. The minimum Gasteiger partial charge on any atom is -0.262 e. The van der Waals surface area contributed by atoms with Crippen LogP contribution in [-0.2, 0) is 4.79 Å². The third-order valence-electron chi connectivity index (χ3n) is 1.22. The van der Waals surface area contributed by atoms with E-state index in [0.717, 1.165) is 0 Å². The summed E-state index contributed by atoms with van der Waals surface area (Å²) in [4.78, 5) is 13.7. The van der Waals surface area contributed by atoms with Crippen LogP contribution >= 0.6 is 0 Å². The normalized spacial score (nSPS) is 24.8. The van der Waals surface area contributed by atoms with Gasteiger partial charge in [-0.2, -0.15) is 13.2 Å². The first-order chi connectivity index (χ1) is 5.39. The molecule has 1 amide bonds. The number of halogens is 3. The van der Waals surface area contributed by atoms with E-state index in [0.29, 0.717) is 0 Å². The van der Waals surface area contributed by atoms with Crippen LogP contribution in [0.5, 0.6) is 0 Å². The molecule has 0 aromatic rings. The van der Waals surface area contributed by atoms with Crippen molar-refractivity contribution in [3.63, 3.8) is 0 Å². The number of aliphatic imine (C=N–C) groups is 1. The molecule has 3 radical (unpaired) electrons. The molecule has 1 N–H and O–H groups in total. The highest BCUT2D eigenvalue weighted by molar-refractivity contribution is 5.98. The number of carbonyl (C=O) groups excluding carboxylic acids is 1. The quantitative estimate of drug-likeness (QED) is 0.562. The second kappa shape index (κ2) is 2.76. The summed E-state index contributed by atoms with van der Waals surface area (Å²) in [6, 6.07) is -2.03. The van der Waals surface area contributed by atoms with E-state index in [2.05, 4.69) is 4.99 Å². The highest BCUT2D eigenvalue weighted by atomic mass is 19.4. The van der Waals surface area contributed by atoms with Gasteiger partial charge in [0, 0.05) is 6.92 Å². The smallest absolute Gasteiger partial charge is 0.262 e. The Morgan fingerprint density at radius 1 is 1.58 bits per heavy atom. The lowest BCUT2D eigenvalue weighted by Crippen LogP contribution is -2.51. The van der Waals surface area contributed by atoms with Gasteiger partial charge in [0.2, 0.25) is 6.04 Å². The molecule has 0 aromatic heterocycles. The van der Waals surface area contributed by atoms with Crippen LogP contribution in [0.1, 0.15) is 6.92 Å². The number of nitrogens with zero attached hydrogens (tertiary/aromatic N) is 1. The summed E-state index contributed by atoms with van der Waals surface area (Å²) < 4.78 is 35.9. The van der Waals surface area contributed by atoms with E-state index in [-0.39, 0.29) is 5.84 Å². The van der Waals surface area contributed by atoms with Gasteiger partial charge in [0.25, 0.3) is 5.84 Å². The Labute approximate surface area is 66.7 Å². The summed E-state index contributed by atoms with van der Waals surface area (Å²) in [6.07, 6.45) is -2.87. The maximum absolute atomic E-state index is 12.0. The summed E-state index contributed by atoms with van der Waals surface area (Å²) >= 11 is 0. The van der Waals surface area contributed by atoms with E-state index in [9.17, 15) is 18.0 Å². The van der Waals surface area contributed by atoms with Gasteiger partial charge in [0.05, 0.1) is 0 Å². The number of rotatable bonds is 0. The monoisotopic (exact) mass is 178 g/mol. The summed E-state index contributed by atoms with van der Waals surface area (Å²) in [6.45, 7) is 1.29. The number of nitrogens with one attached hydrogen (secondary N) is 1. The Bertz CT molecular complexity index is 233. The predicted octanol–water partition coefficient (Wildman–Crippen LogP) is -0.117. The van der Waals surface area contributed by atoms with Gasteiger partial charge in [-0.25, -0.2) is 4.79 Å². The van der Waals surface area contributed by atoms with Crippen molar-refractivity contribution in [2.75, 3.05) is 0 Å². The van der Waals surface area contributed by atoms with E-state index < -0.39 is 18.1 Å². The molecule has 1 aliphatic rings. The zero-order chi connectivity index (χ0) is 9.35. The molecule has 0 spiro atoms. The molecule has 1 heterocycles. The highest BCUT2D eigenvalue weighted by Gasteiger charge is 2.48. The standard InChI is InChI=1S/C6H5F3N2O/c1-3-10-4(6(7,8)9)2-5(12)11-3/h4,10H,1H3/q+1. The summed E-state index contributed by atoms with van der Waals surface area (Å²) in [5, 5.41) is 1.98. The molecule has 1 rings (SSSR count). The van der Waals surface area contributed by atoms with Crippen LogP contribution in [0.2, 0.25) is 0 Å². The molecule has 0 bridgehead atoms. The van der Waals surface area contributed by atoms with Crippen molar-refractivity contribution in [3.05, 3.63) is 6.42 Å². The lowest BCUT2D eigenvalue weighted by Gasteiger charge is -2.16. The molecule has 1 aliphatic heterocycles. The van der Waals surface area contributed by atoms with E-state index >= 15 is 0 Å². The van der Waals surface area contributed by atoms with Crippen molar-refractivity contribution in [1.29, 1.82) is 0 Å². The van der Waals surface area contributed by atoms with Gasteiger partial charge in [0.15, 0.2) is 6.42 Å². The third-order valence-corrected chi connectivity index (χ3v) is 1.22. The number of alkyl halides is 3. The molecule has 3 nitrogen and oxygen atoms in total. The molecule has 0 saturated carbocycles. The molecule has 1 unspecified atom stereocenters. The summed E-state index contributed by atoms with van der Waals surface area (Å²) in [5.74, 6) is -1.02. The number of hydrogen-bond acceptors (Lipinski definition) is 2.